The summed E-state index contributed by atoms with van der Waals surface area (Å²) in [7, 11) is 0. The summed E-state index contributed by atoms with van der Waals surface area (Å²) in [5.41, 5.74) is 10.9. The van der Waals surface area contributed by atoms with Gasteiger partial charge in [-0.25, -0.2) is 4.79 Å². The van der Waals surface area contributed by atoms with Crippen LogP contribution < -0.4 is 10.6 Å². The van der Waals surface area contributed by atoms with E-state index < -0.39 is 5.92 Å². The minimum absolute atomic E-state index is 0.0309. The van der Waals surface area contributed by atoms with E-state index in [0.29, 0.717) is 41.0 Å². The fourth-order valence-electron chi connectivity index (χ4n) is 5.43. The van der Waals surface area contributed by atoms with E-state index in [4.69, 9.17) is 10.5 Å². The number of fused-ring (bicyclic) bond motifs is 1. The number of ether oxygens (including phenoxy) is 1. The van der Waals surface area contributed by atoms with Crippen molar-refractivity contribution in [1.29, 1.82) is 5.26 Å². The van der Waals surface area contributed by atoms with Crippen LogP contribution in [0.15, 0.2) is 51.4 Å². The Hall–Kier alpha value is -2.89. The van der Waals surface area contributed by atoms with E-state index in [2.05, 4.69) is 22.0 Å². The zero-order chi connectivity index (χ0) is 24.7. The number of thiophene rings is 1. The summed E-state index contributed by atoms with van der Waals surface area (Å²) in [6.45, 7) is 2.07. The Kier molecular flexibility index (Phi) is 6.56. The van der Waals surface area contributed by atoms with Gasteiger partial charge in [-0.15, -0.1) is 11.3 Å². The molecule has 0 spiro atoms. The maximum Gasteiger partial charge on any atom is 0.341 e. The first kappa shape index (κ1) is 23.8. The van der Waals surface area contributed by atoms with Crippen molar-refractivity contribution in [3.05, 3.63) is 73.0 Å². The predicted octanol–water partition coefficient (Wildman–Crippen LogP) is 5.87. The lowest BCUT2D eigenvalue weighted by atomic mass is 9.75. The van der Waals surface area contributed by atoms with Crippen LogP contribution in [0, 0.1) is 11.3 Å². The smallest absolute Gasteiger partial charge is 0.341 e. The van der Waals surface area contributed by atoms with Crippen molar-refractivity contribution in [1.82, 2.24) is 0 Å². The number of rotatable bonds is 4. The number of nitrogens with zero attached hydrogens (tertiary/aromatic N) is 2. The summed E-state index contributed by atoms with van der Waals surface area (Å²) in [5, 5.41) is 10.9. The topological polar surface area (TPSA) is 96.4 Å². The molecule has 0 fully saturated rings. The van der Waals surface area contributed by atoms with Crippen LogP contribution in [0.2, 0.25) is 0 Å². The zero-order valence-electron chi connectivity index (χ0n) is 19.5. The van der Waals surface area contributed by atoms with Crippen LogP contribution in [0.4, 0.5) is 5.00 Å². The average Bonchev–Trinajstić information content (AvgIpc) is 3.23. The van der Waals surface area contributed by atoms with Crippen LogP contribution in [0.1, 0.15) is 71.3 Å². The molecule has 0 unspecified atom stereocenters. The van der Waals surface area contributed by atoms with Gasteiger partial charge in [0.1, 0.15) is 10.8 Å². The predicted molar refractivity (Wildman–Crippen MR) is 139 cm³/mol. The highest BCUT2D eigenvalue weighted by molar-refractivity contribution is 9.10. The van der Waals surface area contributed by atoms with Crippen LogP contribution in [0.5, 0.6) is 0 Å². The number of allylic oxidation sites excluding steroid dienone is 3. The van der Waals surface area contributed by atoms with E-state index in [1.807, 2.05) is 29.2 Å². The Balaban J connectivity index is 1.75. The molecule has 1 aromatic carbocycles. The maximum absolute atomic E-state index is 13.4. The molecule has 3 aliphatic rings. The van der Waals surface area contributed by atoms with Crippen LogP contribution in [0.3, 0.4) is 0 Å². The quantitative estimate of drug-likeness (QED) is 0.477. The van der Waals surface area contributed by atoms with Crippen molar-refractivity contribution in [2.24, 2.45) is 5.73 Å². The Labute approximate surface area is 217 Å². The van der Waals surface area contributed by atoms with E-state index in [0.717, 1.165) is 47.0 Å². The Bertz CT molecular complexity index is 1320. The number of carbonyl (C=O) groups is 2. The van der Waals surface area contributed by atoms with Crippen molar-refractivity contribution >= 4 is 44.0 Å². The summed E-state index contributed by atoms with van der Waals surface area (Å²) in [4.78, 5) is 29.6. The first-order chi connectivity index (χ1) is 17.0. The van der Waals surface area contributed by atoms with Crippen LogP contribution >= 0.6 is 27.3 Å². The second-order valence-electron chi connectivity index (χ2n) is 8.98. The van der Waals surface area contributed by atoms with Gasteiger partial charge in [0.25, 0.3) is 0 Å². The third-order valence-electron chi connectivity index (χ3n) is 6.95. The number of halogens is 1. The van der Waals surface area contributed by atoms with E-state index in [1.165, 1.54) is 4.88 Å². The molecule has 180 valence electrons. The number of hydrogen-bond donors (Lipinski definition) is 1. The Morgan fingerprint density at radius 2 is 1.94 bits per heavy atom. The minimum Gasteiger partial charge on any atom is -0.462 e. The minimum atomic E-state index is -0.521. The molecule has 1 aliphatic heterocycles. The molecule has 2 aliphatic carbocycles. The summed E-state index contributed by atoms with van der Waals surface area (Å²) < 4.78 is 6.38. The average molecular weight is 552 g/mol. The number of nitrogens with two attached hydrogens (primary N) is 1. The third kappa shape index (κ3) is 4.01. The number of ketones is 1. The molecule has 35 heavy (non-hydrogen) atoms. The molecule has 2 aromatic rings. The van der Waals surface area contributed by atoms with Gasteiger partial charge >= 0.3 is 5.97 Å². The van der Waals surface area contributed by atoms with E-state index in [-0.39, 0.29) is 24.2 Å². The number of nitriles is 1. The van der Waals surface area contributed by atoms with Crippen LogP contribution in [-0.2, 0) is 22.4 Å². The summed E-state index contributed by atoms with van der Waals surface area (Å²) in [6.07, 6.45) is 5.60. The highest BCUT2D eigenvalue weighted by Gasteiger charge is 2.42. The third-order valence-corrected chi connectivity index (χ3v) is 8.76. The van der Waals surface area contributed by atoms with Crippen LogP contribution in [0.25, 0.3) is 0 Å². The normalized spacial score (nSPS) is 19.9. The second-order valence-corrected chi connectivity index (χ2v) is 11.0. The molecule has 2 N–H and O–H groups in total. The fourth-order valence-corrected chi connectivity index (χ4v) is 7.11. The van der Waals surface area contributed by atoms with Gasteiger partial charge in [-0.05, 0) is 68.7 Å². The monoisotopic (exact) mass is 551 g/mol. The van der Waals surface area contributed by atoms with Gasteiger partial charge in [0.05, 0.1) is 29.7 Å². The number of benzene rings is 1. The molecule has 2 heterocycles. The molecule has 6 nitrogen and oxygen atoms in total. The lowest BCUT2D eigenvalue weighted by Gasteiger charge is -2.39. The number of carbonyl (C=O) groups excluding carboxylic acids is 2. The van der Waals surface area contributed by atoms with Crippen molar-refractivity contribution in [2.45, 2.75) is 57.8 Å². The number of aryl methyl sites for hydroxylation is 1. The molecule has 0 bridgehead atoms. The second kappa shape index (κ2) is 9.63. The molecule has 1 aromatic heterocycles. The van der Waals surface area contributed by atoms with Crippen molar-refractivity contribution < 1.29 is 14.3 Å². The first-order valence-corrected chi connectivity index (χ1v) is 13.6. The van der Waals surface area contributed by atoms with Gasteiger partial charge in [-0.1, -0.05) is 28.1 Å². The van der Waals surface area contributed by atoms with E-state index in [1.54, 1.807) is 18.3 Å². The molecule has 0 amide bonds. The van der Waals surface area contributed by atoms with Crippen molar-refractivity contribution in [3.8, 4) is 6.07 Å². The van der Waals surface area contributed by atoms with E-state index >= 15 is 0 Å². The molecular weight excluding hydrogens is 526 g/mol. The number of esters is 1. The number of anilines is 1. The maximum atomic E-state index is 13.4. The molecule has 0 saturated heterocycles. The summed E-state index contributed by atoms with van der Waals surface area (Å²) in [6, 6.07) is 9.98. The van der Waals surface area contributed by atoms with Gasteiger partial charge in [0.15, 0.2) is 5.78 Å². The fraction of sp³-hybridized carbons (Fsp3) is 0.370. The molecule has 1 atom stereocenters. The highest BCUT2D eigenvalue weighted by Crippen LogP contribution is 2.50. The molecule has 8 heteroatoms. The number of Topliss-reactive ketones (excluding diaryl/α,β-unsaturated/α-hetero) is 1. The standard InChI is InChI=1S/C27H26BrN3O3S/c1-2-34-27(33)23-17-6-3-4-9-21(17)35-26(23)31-19-7-5-8-20(32)24(19)22(18(14-29)25(31)30)15-10-12-16(28)13-11-15/h10-13,22H,2-9,30H2,1H3/t22-/m1/s1. The summed E-state index contributed by atoms with van der Waals surface area (Å²) >= 11 is 5.01. The highest BCUT2D eigenvalue weighted by atomic mass is 79.9. The SMILES string of the molecule is CCOC(=O)c1c(N2C(N)=C(C#N)[C@@H](c3ccc(Br)cc3)C3=C2CCCC3=O)sc2c1CCCC2. The zero-order valence-corrected chi connectivity index (χ0v) is 21.9. The van der Waals surface area contributed by atoms with Crippen molar-refractivity contribution in [3.63, 3.8) is 0 Å². The summed E-state index contributed by atoms with van der Waals surface area (Å²) in [5.74, 6) is -0.568. The lowest BCUT2D eigenvalue weighted by molar-refractivity contribution is -0.116. The van der Waals surface area contributed by atoms with Gasteiger partial charge in [-0.3, -0.25) is 9.69 Å². The van der Waals surface area contributed by atoms with Gasteiger partial charge in [0, 0.05) is 27.0 Å². The van der Waals surface area contributed by atoms with Gasteiger partial charge < -0.3 is 10.5 Å². The first-order valence-electron chi connectivity index (χ1n) is 12.0. The van der Waals surface area contributed by atoms with Gasteiger partial charge in [-0.2, -0.15) is 5.26 Å². The largest absolute Gasteiger partial charge is 0.462 e. The number of hydrogen-bond acceptors (Lipinski definition) is 7. The Morgan fingerprint density at radius 1 is 1.20 bits per heavy atom. The molecule has 5 rings (SSSR count). The Morgan fingerprint density at radius 3 is 2.66 bits per heavy atom. The van der Waals surface area contributed by atoms with Gasteiger partial charge in [0.2, 0.25) is 0 Å². The van der Waals surface area contributed by atoms with Crippen LogP contribution in [-0.4, -0.2) is 18.4 Å². The molecule has 0 saturated carbocycles. The lowest BCUT2D eigenvalue weighted by Crippen LogP contribution is -2.39. The molecule has 0 radical (unpaired) electrons. The van der Waals surface area contributed by atoms with E-state index in [9.17, 15) is 14.9 Å². The van der Waals surface area contributed by atoms with Crippen molar-refractivity contribution in [2.75, 3.05) is 11.5 Å². The molecular formula is C27H26BrN3O3S.